The lowest BCUT2D eigenvalue weighted by Gasteiger charge is -2.17. The van der Waals surface area contributed by atoms with Crippen LogP contribution in [-0.4, -0.2) is 36.0 Å². The average Bonchev–Trinajstić information content (AvgIpc) is 2.91. The predicted octanol–water partition coefficient (Wildman–Crippen LogP) is 0.864. The molecule has 1 heterocycles. The van der Waals surface area contributed by atoms with E-state index in [0.29, 0.717) is 12.8 Å². The minimum absolute atomic E-state index is 0.266. The van der Waals surface area contributed by atoms with Gasteiger partial charge in [-0.15, -0.1) is 0 Å². The van der Waals surface area contributed by atoms with Gasteiger partial charge in [0.2, 0.25) is 10.0 Å². The first-order chi connectivity index (χ1) is 10.5. The standard InChI is InChI=1S/C15H21N3O3S/c1-3-13-6-4-5-7-15(13)22(20,21)17-14(11-19)8-12-9-16-18(2)10-12/h4-7,9-10,14,17,19H,3,8,11H2,1-2H3/t14-/m0/s1. The third kappa shape index (κ3) is 3.94. The summed E-state index contributed by atoms with van der Waals surface area (Å²) in [7, 11) is -1.87. The number of benzene rings is 1. The normalized spacial score (nSPS) is 13.2. The maximum absolute atomic E-state index is 12.5. The van der Waals surface area contributed by atoms with Crippen LogP contribution in [0.2, 0.25) is 0 Å². The molecule has 0 aliphatic carbocycles. The largest absolute Gasteiger partial charge is 0.395 e. The lowest BCUT2D eigenvalue weighted by atomic mass is 10.1. The van der Waals surface area contributed by atoms with Crippen LogP contribution in [0.25, 0.3) is 0 Å². The number of nitrogens with one attached hydrogen (secondary N) is 1. The highest BCUT2D eigenvalue weighted by Crippen LogP contribution is 2.16. The van der Waals surface area contributed by atoms with Crippen LogP contribution in [0.5, 0.6) is 0 Å². The van der Waals surface area contributed by atoms with Crippen molar-refractivity contribution in [3.8, 4) is 0 Å². The summed E-state index contributed by atoms with van der Waals surface area (Å²) in [4.78, 5) is 0.266. The number of hydrogen-bond acceptors (Lipinski definition) is 4. The predicted molar refractivity (Wildman–Crippen MR) is 83.9 cm³/mol. The second-order valence-electron chi connectivity index (χ2n) is 5.19. The van der Waals surface area contributed by atoms with Crippen molar-refractivity contribution >= 4 is 10.0 Å². The molecular weight excluding hydrogens is 302 g/mol. The lowest BCUT2D eigenvalue weighted by molar-refractivity contribution is 0.256. The fourth-order valence-corrected chi connectivity index (χ4v) is 3.89. The van der Waals surface area contributed by atoms with Crippen molar-refractivity contribution in [1.29, 1.82) is 0 Å². The highest BCUT2D eigenvalue weighted by atomic mass is 32.2. The van der Waals surface area contributed by atoms with Crippen molar-refractivity contribution < 1.29 is 13.5 Å². The minimum Gasteiger partial charge on any atom is -0.395 e. The second kappa shape index (κ2) is 7.04. The van der Waals surface area contributed by atoms with Gasteiger partial charge >= 0.3 is 0 Å². The number of sulfonamides is 1. The van der Waals surface area contributed by atoms with E-state index in [1.54, 1.807) is 42.3 Å². The molecule has 0 saturated carbocycles. The van der Waals surface area contributed by atoms with E-state index >= 15 is 0 Å². The molecule has 7 heteroatoms. The molecule has 0 bridgehead atoms. The van der Waals surface area contributed by atoms with E-state index in [0.717, 1.165) is 11.1 Å². The van der Waals surface area contributed by atoms with Gasteiger partial charge in [0, 0.05) is 19.3 Å². The average molecular weight is 323 g/mol. The quantitative estimate of drug-likeness (QED) is 0.792. The van der Waals surface area contributed by atoms with Gasteiger partial charge in [0.15, 0.2) is 0 Å². The Kier molecular flexibility index (Phi) is 5.33. The maximum Gasteiger partial charge on any atom is 0.241 e. The van der Waals surface area contributed by atoms with Gasteiger partial charge in [-0.25, -0.2) is 13.1 Å². The molecule has 6 nitrogen and oxygen atoms in total. The molecule has 0 aliphatic heterocycles. The van der Waals surface area contributed by atoms with Crippen LogP contribution in [0, 0.1) is 0 Å². The van der Waals surface area contributed by atoms with Crippen molar-refractivity contribution in [2.75, 3.05) is 6.61 Å². The number of nitrogens with zero attached hydrogens (tertiary/aromatic N) is 2. The van der Waals surface area contributed by atoms with E-state index in [1.807, 2.05) is 13.0 Å². The van der Waals surface area contributed by atoms with Crippen LogP contribution < -0.4 is 4.72 Å². The summed E-state index contributed by atoms with van der Waals surface area (Å²) < 4.78 is 29.3. The Morgan fingerprint density at radius 1 is 1.36 bits per heavy atom. The summed E-state index contributed by atoms with van der Waals surface area (Å²) in [6, 6.07) is 6.31. The Labute approximate surface area is 130 Å². The van der Waals surface area contributed by atoms with Crippen LogP contribution in [0.1, 0.15) is 18.1 Å². The summed E-state index contributed by atoms with van der Waals surface area (Å²) in [5.74, 6) is 0. The van der Waals surface area contributed by atoms with Gasteiger partial charge in [-0.05, 0) is 30.0 Å². The summed E-state index contributed by atoms with van der Waals surface area (Å²) in [5.41, 5.74) is 1.63. The zero-order valence-corrected chi connectivity index (χ0v) is 13.5. The van der Waals surface area contributed by atoms with Gasteiger partial charge in [0.1, 0.15) is 0 Å². The molecule has 120 valence electrons. The molecule has 0 saturated heterocycles. The fraction of sp³-hybridized carbons (Fsp3) is 0.400. The Balaban J connectivity index is 2.18. The van der Waals surface area contributed by atoms with E-state index in [9.17, 15) is 13.5 Å². The van der Waals surface area contributed by atoms with Crippen molar-refractivity contribution in [3.05, 3.63) is 47.8 Å². The molecule has 2 rings (SSSR count). The first-order valence-electron chi connectivity index (χ1n) is 7.15. The summed E-state index contributed by atoms with van der Waals surface area (Å²) >= 11 is 0. The molecule has 1 atom stereocenters. The van der Waals surface area contributed by atoms with Crippen molar-refractivity contribution in [2.45, 2.75) is 30.7 Å². The number of rotatable bonds is 7. The number of hydrogen-bond donors (Lipinski definition) is 2. The van der Waals surface area contributed by atoms with E-state index < -0.39 is 16.1 Å². The van der Waals surface area contributed by atoms with Crippen molar-refractivity contribution in [3.63, 3.8) is 0 Å². The molecule has 1 aromatic carbocycles. The Hall–Kier alpha value is -1.70. The Bertz CT molecular complexity index is 725. The van der Waals surface area contributed by atoms with E-state index in [2.05, 4.69) is 9.82 Å². The zero-order chi connectivity index (χ0) is 16.2. The molecule has 0 unspecified atom stereocenters. The van der Waals surface area contributed by atoms with Crippen LogP contribution in [0.15, 0.2) is 41.6 Å². The Morgan fingerprint density at radius 2 is 2.09 bits per heavy atom. The third-order valence-corrected chi connectivity index (χ3v) is 5.05. The van der Waals surface area contributed by atoms with Gasteiger partial charge in [-0.2, -0.15) is 5.10 Å². The fourth-order valence-electron chi connectivity index (χ4n) is 2.35. The second-order valence-corrected chi connectivity index (χ2v) is 6.87. The molecular formula is C15H21N3O3S. The first-order valence-corrected chi connectivity index (χ1v) is 8.63. The van der Waals surface area contributed by atoms with Gasteiger partial charge in [-0.1, -0.05) is 25.1 Å². The molecule has 2 N–H and O–H groups in total. The lowest BCUT2D eigenvalue weighted by Crippen LogP contribution is -2.39. The molecule has 0 spiro atoms. The Morgan fingerprint density at radius 3 is 2.68 bits per heavy atom. The summed E-state index contributed by atoms with van der Waals surface area (Å²) in [5, 5.41) is 13.5. The van der Waals surface area contributed by atoms with Crippen LogP contribution in [0.3, 0.4) is 0 Å². The smallest absolute Gasteiger partial charge is 0.241 e. The molecule has 0 aliphatic rings. The van der Waals surface area contributed by atoms with Crippen LogP contribution in [0.4, 0.5) is 0 Å². The van der Waals surface area contributed by atoms with Crippen LogP contribution >= 0.6 is 0 Å². The molecule has 0 fully saturated rings. The number of aryl methyl sites for hydroxylation is 2. The van der Waals surface area contributed by atoms with E-state index in [4.69, 9.17) is 0 Å². The van der Waals surface area contributed by atoms with Crippen LogP contribution in [-0.2, 0) is 29.9 Å². The maximum atomic E-state index is 12.5. The number of aliphatic hydroxyl groups is 1. The van der Waals surface area contributed by atoms with Crippen molar-refractivity contribution in [1.82, 2.24) is 14.5 Å². The summed E-state index contributed by atoms with van der Waals surface area (Å²) in [6.07, 6.45) is 4.48. The first kappa shape index (κ1) is 16.7. The SMILES string of the molecule is CCc1ccccc1S(=O)(=O)N[C@H](CO)Cc1cnn(C)c1. The highest BCUT2D eigenvalue weighted by molar-refractivity contribution is 7.89. The number of aromatic nitrogens is 2. The monoisotopic (exact) mass is 323 g/mol. The zero-order valence-electron chi connectivity index (χ0n) is 12.7. The van der Waals surface area contributed by atoms with E-state index in [1.165, 1.54) is 0 Å². The van der Waals surface area contributed by atoms with Crippen molar-refractivity contribution in [2.24, 2.45) is 7.05 Å². The van der Waals surface area contributed by atoms with Gasteiger partial charge in [-0.3, -0.25) is 4.68 Å². The molecule has 0 amide bonds. The minimum atomic E-state index is -3.66. The molecule has 1 aromatic heterocycles. The molecule has 2 aromatic rings. The van der Waals surface area contributed by atoms with E-state index in [-0.39, 0.29) is 11.5 Å². The highest BCUT2D eigenvalue weighted by Gasteiger charge is 2.22. The molecule has 0 radical (unpaired) electrons. The van der Waals surface area contributed by atoms with Gasteiger partial charge in [0.25, 0.3) is 0 Å². The third-order valence-electron chi connectivity index (χ3n) is 3.43. The van der Waals surface area contributed by atoms with Gasteiger partial charge < -0.3 is 5.11 Å². The molecule has 22 heavy (non-hydrogen) atoms. The number of aliphatic hydroxyl groups excluding tert-OH is 1. The van der Waals surface area contributed by atoms with Gasteiger partial charge in [0.05, 0.1) is 17.7 Å². The summed E-state index contributed by atoms with van der Waals surface area (Å²) in [6.45, 7) is 1.63. The topological polar surface area (TPSA) is 84.2 Å².